The number of nitrogens with one attached hydrogen (secondary N) is 1. The monoisotopic (exact) mass is 473 g/mol. The molecule has 0 radical (unpaired) electrons. The predicted octanol–water partition coefficient (Wildman–Crippen LogP) is 8.35. The van der Waals surface area contributed by atoms with Crippen LogP contribution in [0.2, 0.25) is 25.1 Å². The van der Waals surface area contributed by atoms with Gasteiger partial charge in [-0.25, -0.2) is 0 Å². The first kappa shape index (κ1) is 17.1. The summed E-state index contributed by atoms with van der Waals surface area (Å²) < 4.78 is 0.978. The second kappa shape index (κ2) is 6.64. The molecule has 22 heavy (non-hydrogen) atoms. The molecule has 0 spiro atoms. The minimum Gasteiger partial charge on any atom is -0.360 e. The number of hydrogen-bond acceptors (Lipinski definition) is 1. The van der Waals surface area contributed by atoms with Gasteiger partial charge in [0.25, 0.3) is 0 Å². The van der Waals surface area contributed by atoms with E-state index in [4.69, 9.17) is 58.0 Å². The first-order valence-electron chi connectivity index (χ1n) is 5.86. The van der Waals surface area contributed by atoms with Crippen molar-refractivity contribution in [2.75, 3.05) is 0 Å². The molecule has 0 aliphatic rings. The standard InChI is InChI=1S/C14H5BrCl5NS/c15-5-1-2-7-6(3-5)8(4-21-7)22-14-12(19)10(17)9(16)11(18)13(14)20/h1-4,21H. The quantitative estimate of drug-likeness (QED) is 0.290. The van der Waals surface area contributed by atoms with Crippen molar-refractivity contribution in [3.63, 3.8) is 0 Å². The van der Waals surface area contributed by atoms with Crippen molar-refractivity contribution in [2.45, 2.75) is 9.79 Å². The number of H-pyrrole nitrogens is 1. The van der Waals surface area contributed by atoms with Gasteiger partial charge in [0, 0.05) is 26.5 Å². The van der Waals surface area contributed by atoms with Gasteiger partial charge in [-0.3, -0.25) is 0 Å². The van der Waals surface area contributed by atoms with E-state index >= 15 is 0 Å². The molecule has 0 saturated carbocycles. The van der Waals surface area contributed by atoms with E-state index in [1.165, 1.54) is 11.8 Å². The first-order chi connectivity index (χ1) is 10.4. The Bertz CT molecular complexity index is 864. The van der Waals surface area contributed by atoms with E-state index in [0.29, 0.717) is 4.90 Å². The summed E-state index contributed by atoms with van der Waals surface area (Å²) in [6, 6.07) is 5.95. The maximum atomic E-state index is 6.28. The van der Waals surface area contributed by atoms with Crippen molar-refractivity contribution < 1.29 is 0 Å². The van der Waals surface area contributed by atoms with Gasteiger partial charge in [0.1, 0.15) is 0 Å². The summed E-state index contributed by atoms with van der Waals surface area (Å²) in [5.74, 6) is 0. The van der Waals surface area contributed by atoms with Crippen LogP contribution in [0.5, 0.6) is 0 Å². The molecule has 1 heterocycles. The average Bonchev–Trinajstić information content (AvgIpc) is 2.90. The lowest BCUT2D eigenvalue weighted by Gasteiger charge is -2.11. The highest BCUT2D eigenvalue weighted by atomic mass is 79.9. The van der Waals surface area contributed by atoms with Gasteiger partial charge < -0.3 is 4.98 Å². The Morgan fingerprint density at radius 1 is 0.864 bits per heavy atom. The van der Waals surface area contributed by atoms with Crippen molar-refractivity contribution in [3.05, 3.63) is 54.0 Å². The van der Waals surface area contributed by atoms with Crippen molar-refractivity contribution >= 4 is 96.6 Å². The van der Waals surface area contributed by atoms with Crippen molar-refractivity contribution in [1.29, 1.82) is 0 Å². The van der Waals surface area contributed by atoms with Gasteiger partial charge in [-0.2, -0.15) is 0 Å². The lowest BCUT2D eigenvalue weighted by molar-refractivity contribution is 1.39. The van der Waals surface area contributed by atoms with Crippen LogP contribution in [0.15, 0.2) is 38.7 Å². The molecule has 3 rings (SSSR count). The molecule has 0 saturated heterocycles. The van der Waals surface area contributed by atoms with Crippen LogP contribution in [-0.4, -0.2) is 4.98 Å². The number of aromatic nitrogens is 1. The summed E-state index contributed by atoms with van der Waals surface area (Å²) in [6.45, 7) is 0. The molecule has 0 atom stereocenters. The van der Waals surface area contributed by atoms with Crippen LogP contribution in [0.3, 0.4) is 0 Å². The van der Waals surface area contributed by atoms with E-state index in [0.717, 1.165) is 20.3 Å². The minimum absolute atomic E-state index is 0.157. The SMILES string of the molecule is Clc1c(Cl)c(Cl)c(Sc2c[nH]c3ccc(Br)cc23)c(Cl)c1Cl. The molecule has 1 nitrogen and oxygen atoms in total. The summed E-state index contributed by atoms with van der Waals surface area (Å²) in [4.78, 5) is 4.72. The number of benzene rings is 2. The van der Waals surface area contributed by atoms with Crippen molar-refractivity contribution in [1.82, 2.24) is 4.98 Å². The van der Waals surface area contributed by atoms with E-state index in [9.17, 15) is 0 Å². The summed E-state index contributed by atoms with van der Waals surface area (Å²) in [7, 11) is 0. The third kappa shape index (κ3) is 2.98. The molecule has 8 heteroatoms. The zero-order valence-corrected chi connectivity index (χ0v) is 16.7. The fourth-order valence-corrected chi connectivity index (χ4v) is 4.78. The van der Waals surface area contributed by atoms with Crippen LogP contribution >= 0.6 is 85.7 Å². The Kier molecular flexibility index (Phi) is 5.16. The van der Waals surface area contributed by atoms with E-state index in [2.05, 4.69) is 20.9 Å². The molecule has 0 bridgehead atoms. The Labute approximate surface area is 164 Å². The first-order valence-corrected chi connectivity index (χ1v) is 9.36. The number of fused-ring (bicyclic) bond motifs is 1. The van der Waals surface area contributed by atoms with Crippen molar-refractivity contribution in [2.24, 2.45) is 0 Å². The highest BCUT2D eigenvalue weighted by molar-refractivity contribution is 9.10. The third-order valence-corrected chi connectivity index (χ3v) is 7.15. The van der Waals surface area contributed by atoms with Crippen LogP contribution in [0.4, 0.5) is 0 Å². The molecule has 1 N–H and O–H groups in total. The normalized spacial score (nSPS) is 11.4. The molecule has 1 aromatic heterocycles. The fraction of sp³-hybridized carbons (Fsp3) is 0. The molecule has 2 aromatic carbocycles. The average molecular weight is 476 g/mol. The summed E-state index contributed by atoms with van der Waals surface area (Å²) >= 11 is 35.6. The summed E-state index contributed by atoms with van der Waals surface area (Å²) in [5, 5.41) is 2.16. The molecule has 0 fully saturated rings. The maximum Gasteiger partial charge on any atom is 0.0809 e. The topological polar surface area (TPSA) is 15.8 Å². The Hall–Kier alpha value is 0.260. The van der Waals surface area contributed by atoms with Gasteiger partial charge in [0.15, 0.2) is 0 Å². The molecule has 0 unspecified atom stereocenters. The number of rotatable bonds is 2. The Morgan fingerprint density at radius 3 is 2.09 bits per heavy atom. The van der Waals surface area contributed by atoms with Gasteiger partial charge >= 0.3 is 0 Å². The highest BCUT2D eigenvalue weighted by Gasteiger charge is 2.21. The Balaban J connectivity index is 2.15. The van der Waals surface area contributed by atoms with Crippen LogP contribution in [0.1, 0.15) is 0 Å². The van der Waals surface area contributed by atoms with Gasteiger partial charge in [0.05, 0.1) is 30.0 Å². The van der Waals surface area contributed by atoms with Crippen LogP contribution in [0, 0.1) is 0 Å². The summed E-state index contributed by atoms with van der Waals surface area (Å²) in [6.07, 6.45) is 1.88. The molecule has 0 aliphatic carbocycles. The maximum absolute atomic E-state index is 6.28. The van der Waals surface area contributed by atoms with E-state index in [1.807, 2.05) is 24.4 Å². The number of halogens is 6. The molecule has 0 amide bonds. The molecule has 0 aliphatic heterocycles. The number of aromatic amines is 1. The molecular weight excluding hydrogens is 471 g/mol. The molecule has 114 valence electrons. The second-order valence-electron chi connectivity index (χ2n) is 4.34. The van der Waals surface area contributed by atoms with Crippen molar-refractivity contribution in [3.8, 4) is 0 Å². The van der Waals surface area contributed by atoms with Gasteiger partial charge in [-0.1, -0.05) is 85.7 Å². The largest absolute Gasteiger partial charge is 0.360 e. The third-order valence-electron chi connectivity index (χ3n) is 2.99. The smallest absolute Gasteiger partial charge is 0.0809 e. The van der Waals surface area contributed by atoms with Crippen LogP contribution < -0.4 is 0 Å². The lowest BCUT2D eigenvalue weighted by Crippen LogP contribution is -1.84. The van der Waals surface area contributed by atoms with Gasteiger partial charge in [-0.05, 0) is 18.2 Å². The fourth-order valence-electron chi connectivity index (χ4n) is 1.94. The van der Waals surface area contributed by atoms with E-state index in [-0.39, 0.29) is 25.1 Å². The molecule has 3 aromatic rings. The van der Waals surface area contributed by atoms with Crippen LogP contribution in [0.25, 0.3) is 10.9 Å². The minimum atomic E-state index is 0.157. The predicted molar refractivity (Wildman–Crippen MR) is 102 cm³/mol. The van der Waals surface area contributed by atoms with Gasteiger partial charge in [0.2, 0.25) is 0 Å². The van der Waals surface area contributed by atoms with Crippen LogP contribution in [-0.2, 0) is 0 Å². The second-order valence-corrected chi connectivity index (χ2v) is 8.20. The van der Waals surface area contributed by atoms with E-state index < -0.39 is 0 Å². The lowest BCUT2D eigenvalue weighted by atomic mass is 10.2. The highest BCUT2D eigenvalue weighted by Crippen LogP contribution is 2.50. The van der Waals surface area contributed by atoms with Gasteiger partial charge in [-0.15, -0.1) is 0 Å². The molecular formula is C14H5BrCl5NS. The number of hydrogen-bond donors (Lipinski definition) is 1. The van der Waals surface area contributed by atoms with E-state index in [1.54, 1.807) is 0 Å². The summed E-state index contributed by atoms with van der Waals surface area (Å²) in [5.41, 5.74) is 1.00. The zero-order valence-electron chi connectivity index (χ0n) is 10.5. The Morgan fingerprint density at radius 2 is 1.45 bits per heavy atom. The zero-order chi connectivity index (χ0) is 16.0.